The Labute approximate surface area is 200 Å². The number of carbonyl (C=O) groups excluding carboxylic acids is 3. The van der Waals surface area contributed by atoms with Gasteiger partial charge < -0.3 is 5.32 Å². The standard InChI is InChI=1S/C22H34N6O5S/c1-14-5-8-22(9-6-14)20(30)28(21(31)23-22)25-19(29)12-26(4)11-18-15(2)24-27(16(18)3)17-7-10-34(32,33)13-17/h14,17H,5-13H2,1-4H3,(H,23,31)(H,25,29)/t14?,17-,22?/m0/s1. The molecule has 3 aliphatic rings. The van der Waals surface area contributed by atoms with Gasteiger partial charge in [-0.15, -0.1) is 0 Å². The second-order valence-electron chi connectivity index (χ2n) is 10.2. The van der Waals surface area contributed by atoms with Crippen molar-refractivity contribution < 1.29 is 22.8 Å². The summed E-state index contributed by atoms with van der Waals surface area (Å²) in [5, 5.41) is 8.18. The molecule has 0 bridgehead atoms. The topological polar surface area (TPSA) is 134 Å². The quantitative estimate of drug-likeness (QED) is 0.559. The van der Waals surface area contributed by atoms with E-state index in [-0.39, 0.29) is 30.0 Å². The molecule has 1 spiro atoms. The van der Waals surface area contributed by atoms with E-state index in [2.05, 4.69) is 22.8 Å². The predicted octanol–water partition coefficient (Wildman–Crippen LogP) is 0.823. The highest BCUT2D eigenvalue weighted by molar-refractivity contribution is 7.91. The summed E-state index contributed by atoms with van der Waals surface area (Å²) in [6.07, 6.45) is 3.42. The number of nitrogens with one attached hydrogen (secondary N) is 2. The Morgan fingerprint density at radius 1 is 1.24 bits per heavy atom. The summed E-state index contributed by atoms with van der Waals surface area (Å²) < 4.78 is 25.5. The summed E-state index contributed by atoms with van der Waals surface area (Å²) in [6.45, 7) is 6.31. The smallest absolute Gasteiger partial charge is 0.322 e. The number of hydrogen-bond acceptors (Lipinski definition) is 7. The van der Waals surface area contributed by atoms with Gasteiger partial charge in [-0.2, -0.15) is 10.1 Å². The molecule has 2 saturated heterocycles. The minimum Gasteiger partial charge on any atom is -0.322 e. The molecular formula is C22H34N6O5S. The van der Waals surface area contributed by atoms with Gasteiger partial charge in [0.15, 0.2) is 9.84 Å². The van der Waals surface area contributed by atoms with Gasteiger partial charge in [0.2, 0.25) is 0 Å². The molecule has 3 fully saturated rings. The van der Waals surface area contributed by atoms with Crippen molar-refractivity contribution in [2.24, 2.45) is 5.92 Å². The Bertz CT molecular complexity index is 1110. The number of nitrogens with zero attached hydrogens (tertiary/aromatic N) is 4. The zero-order valence-electron chi connectivity index (χ0n) is 20.3. The normalized spacial score (nSPS) is 28.7. The molecule has 1 saturated carbocycles. The minimum absolute atomic E-state index is 0.0248. The molecule has 11 nitrogen and oxygen atoms in total. The lowest BCUT2D eigenvalue weighted by Gasteiger charge is -2.33. The fourth-order valence-corrected chi connectivity index (χ4v) is 6.99. The van der Waals surface area contributed by atoms with Crippen LogP contribution < -0.4 is 10.7 Å². The van der Waals surface area contributed by atoms with Crippen LogP contribution in [0.25, 0.3) is 0 Å². The number of hydrogen-bond donors (Lipinski definition) is 2. The monoisotopic (exact) mass is 494 g/mol. The summed E-state index contributed by atoms with van der Waals surface area (Å²) in [7, 11) is -1.26. The molecule has 34 heavy (non-hydrogen) atoms. The molecule has 4 amide bonds. The molecule has 4 rings (SSSR count). The van der Waals surface area contributed by atoms with Crippen LogP contribution in [0.3, 0.4) is 0 Å². The molecule has 0 unspecified atom stereocenters. The largest absolute Gasteiger partial charge is 0.344 e. The van der Waals surface area contributed by atoms with Gasteiger partial charge in [-0.05, 0) is 58.9 Å². The van der Waals surface area contributed by atoms with E-state index in [0.29, 0.717) is 31.7 Å². The molecule has 0 aromatic carbocycles. The fraction of sp³-hybridized carbons (Fsp3) is 0.727. The van der Waals surface area contributed by atoms with Gasteiger partial charge in [0.1, 0.15) is 5.54 Å². The highest BCUT2D eigenvalue weighted by Crippen LogP contribution is 2.35. The maximum atomic E-state index is 12.9. The van der Waals surface area contributed by atoms with Gasteiger partial charge in [-0.25, -0.2) is 13.2 Å². The average molecular weight is 495 g/mol. The van der Waals surface area contributed by atoms with Crippen molar-refractivity contribution in [3.63, 3.8) is 0 Å². The Morgan fingerprint density at radius 2 is 1.91 bits per heavy atom. The van der Waals surface area contributed by atoms with E-state index < -0.39 is 27.3 Å². The fourth-order valence-electron chi connectivity index (χ4n) is 5.30. The van der Waals surface area contributed by atoms with Crippen LogP contribution in [-0.4, -0.2) is 76.6 Å². The van der Waals surface area contributed by atoms with Gasteiger partial charge >= 0.3 is 6.03 Å². The number of aromatic nitrogens is 2. The Kier molecular flexibility index (Phi) is 6.49. The van der Waals surface area contributed by atoms with Crippen molar-refractivity contribution in [2.45, 2.75) is 71.0 Å². The molecule has 0 radical (unpaired) electrons. The summed E-state index contributed by atoms with van der Waals surface area (Å²) in [6, 6.07) is -0.754. The summed E-state index contributed by atoms with van der Waals surface area (Å²) in [5.74, 6) is -0.0632. The van der Waals surface area contributed by atoms with Crippen LogP contribution in [-0.2, 0) is 26.0 Å². The van der Waals surface area contributed by atoms with E-state index in [0.717, 1.165) is 34.8 Å². The minimum atomic E-state index is -3.03. The summed E-state index contributed by atoms with van der Waals surface area (Å²) in [5.41, 5.74) is 4.17. The first-order valence-corrected chi connectivity index (χ1v) is 13.6. The van der Waals surface area contributed by atoms with Gasteiger partial charge in [0, 0.05) is 17.8 Å². The van der Waals surface area contributed by atoms with Crippen molar-refractivity contribution in [2.75, 3.05) is 25.1 Å². The van der Waals surface area contributed by atoms with Gasteiger partial charge in [0.05, 0.1) is 29.8 Å². The van der Waals surface area contributed by atoms with E-state index in [1.54, 1.807) is 16.6 Å². The van der Waals surface area contributed by atoms with E-state index in [1.165, 1.54) is 0 Å². The Hall–Kier alpha value is -2.47. The van der Waals surface area contributed by atoms with Crippen molar-refractivity contribution in [3.8, 4) is 0 Å². The van der Waals surface area contributed by atoms with Crippen LogP contribution in [0.4, 0.5) is 4.79 Å². The van der Waals surface area contributed by atoms with Crippen molar-refractivity contribution in [1.82, 2.24) is 30.4 Å². The third kappa shape index (κ3) is 4.70. The second-order valence-corrected chi connectivity index (χ2v) is 12.4. The van der Waals surface area contributed by atoms with E-state index in [1.807, 2.05) is 13.8 Å². The van der Waals surface area contributed by atoms with Crippen LogP contribution >= 0.6 is 0 Å². The highest BCUT2D eigenvalue weighted by atomic mass is 32.2. The van der Waals surface area contributed by atoms with Crippen LogP contribution in [0.5, 0.6) is 0 Å². The van der Waals surface area contributed by atoms with Crippen molar-refractivity contribution in [3.05, 3.63) is 17.0 Å². The van der Waals surface area contributed by atoms with Gasteiger partial charge in [-0.3, -0.25) is 24.6 Å². The van der Waals surface area contributed by atoms with Crippen LogP contribution in [0.2, 0.25) is 0 Å². The number of carbonyl (C=O) groups is 3. The number of rotatable bonds is 6. The van der Waals surface area contributed by atoms with Crippen molar-refractivity contribution in [1.29, 1.82) is 0 Å². The maximum absolute atomic E-state index is 12.9. The third-order valence-electron chi connectivity index (χ3n) is 7.40. The molecular weight excluding hydrogens is 460 g/mol. The van der Waals surface area contributed by atoms with Gasteiger partial charge in [-0.1, -0.05) is 6.92 Å². The first kappa shape index (κ1) is 24.6. The first-order chi connectivity index (χ1) is 15.9. The van der Waals surface area contributed by atoms with E-state index in [4.69, 9.17) is 0 Å². The van der Waals surface area contributed by atoms with Crippen LogP contribution in [0, 0.1) is 19.8 Å². The molecule has 1 aromatic heterocycles. The molecule has 2 N–H and O–H groups in total. The number of aryl methyl sites for hydroxylation is 1. The lowest BCUT2D eigenvalue weighted by atomic mass is 9.77. The number of imide groups is 1. The molecule has 12 heteroatoms. The number of hydrazine groups is 1. The molecule has 3 heterocycles. The van der Waals surface area contributed by atoms with E-state index >= 15 is 0 Å². The lowest BCUT2D eigenvalue weighted by Crippen LogP contribution is -2.52. The zero-order chi connectivity index (χ0) is 24.8. The molecule has 1 atom stereocenters. The number of sulfone groups is 1. The summed E-state index contributed by atoms with van der Waals surface area (Å²) >= 11 is 0. The van der Waals surface area contributed by atoms with Crippen LogP contribution in [0.1, 0.15) is 62.0 Å². The highest BCUT2D eigenvalue weighted by Gasteiger charge is 2.52. The second kappa shape index (κ2) is 8.95. The first-order valence-electron chi connectivity index (χ1n) is 11.8. The number of amides is 4. The Morgan fingerprint density at radius 3 is 2.53 bits per heavy atom. The van der Waals surface area contributed by atoms with E-state index in [9.17, 15) is 22.8 Å². The zero-order valence-corrected chi connectivity index (χ0v) is 21.1. The Balaban J connectivity index is 1.36. The lowest BCUT2D eigenvalue weighted by molar-refractivity contribution is -0.140. The number of urea groups is 1. The summed E-state index contributed by atoms with van der Waals surface area (Å²) in [4.78, 5) is 39.8. The molecule has 2 aliphatic heterocycles. The maximum Gasteiger partial charge on any atom is 0.344 e. The molecule has 1 aliphatic carbocycles. The van der Waals surface area contributed by atoms with Crippen molar-refractivity contribution >= 4 is 27.7 Å². The SMILES string of the molecule is Cc1nn([C@H]2CCS(=O)(=O)C2)c(C)c1CN(C)CC(=O)NN1C(=O)NC2(CCC(C)CC2)C1=O. The van der Waals surface area contributed by atoms with Crippen LogP contribution in [0.15, 0.2) is 0 Å². The molecule has 1 aromatic rings. The third-order valence-corrected chi connectivity index (χ3v) is 9.15. The van der Waals surface area contributed by atoms with Gasteiger partial charge in [0.25, 0.3) is 11.8 Å². The predicted molar refractivity (Wildman–Crippen MR) is 124 cm³/mol. The molecule has 188 valence electrons. The average Bonchev–Trinajstić information content (AvgIpc) is 3.33. The number of likely N-dealkylation sites (N-methyl/N-ethyl adjacent to an activating group) is 1.